The first-order valence-electron chi connectivity index (χ1n) is 6.01. The summed E-state index contributed by atoms with van der Waals surface area (Å²) in [5.74, 6) is 1.60. The molecule has 0 spiro atoms. The van der Waals surface area contributed by atoms with Gasteiger partial charge in [-0.05, 0) is 43.9 Å². The molecule has 1 aromatic carbocycles. The number of hydrogen-bond donors (Lipinski definition) is 1. The molecule has 2 heteroatoms. The Balaban J connectivity index is 2.08. The summed E-state index contributed by atoms with van der Waals surface area (Å²) >= 11 is 0. The van der Waals surface area contributed by atoms with E-state index in [4.69, 9.17) is 4.74 Å². The number of ether oxygens (including phenoxy) is 1. The molecule has 0 fully saturated rings. The summed E-state index contributed by atoms with van der Waals surface area (Å²) in [4.78, 5) is 0. The number of aliphatic hydroxyl groups excluding tert-OH is 1. The van der Waals surface area contributed by atoms with Crippen LogP contribution < -0.4 is 4.74 Å². The van der Waals surface area contributed by atoms with Crippen molar-refractivity contribution < 1.29 is 9.84 Å². The molecular weight excluding hydrogens is 212 g/mol. The molecule has 1 unspecified atom stereocenters. The summed E-state index contributed by atoms with van der Waals surface area (Å²) in [7, 11) is 0. The van der Waals surface area contributed by atoms with E-state index in [1.54, 1.807) is 0 Å². The van der Waals surface area contributed by atoms with E-state index in [1.165, 1.54) is 0 Å². The maximum atomic E-state index is 9.23. The first kappa shape index (κ1) is 11.9. The van der Waals surface area contributed by atoms with Crippen molar-refractivity contribution in [1.82, 2.24) is 0 Å². The topological polar surface area (TPSA) is 29.5 Å². The van der Waals surface area contributed by atoms with E-state index in [0.717, 1.165) is 41.9 Å². The molecule has 2 rings (SSSR count). The normalized spacial score (nSPS) is 15.9. The molecule has 2 nitrogen and oxygen atoms in total. The molecule has 0 saturated carbocycles. The van der Waals surface area contributed by atoms with Crippen molar-refractivity contribution in [2.45, 2.75) is 32.3 Å². The molecule has 0 aromatic heterocycles. The van der Waals surface area contributed by atoms with E-state index in [9.17, 15) is 5.11 Å². The quantitative estimate of drug-likeness (QED) is 0.857. The predicted molar refractivity (Wildman–Crippen MR) is 69.7 cm³/mol. The molecule has 1 N–H and O–H groups in total. The average molecular weight is 230 g/mol. The number of para-hydroxylation sites is 1. The second-order valence-electron chi connectivity index (χ2n) is 4.47. The maximum absolute atomic E-state index is 9.23. The molecule has 17 heavy (non-hydrogen) atoms. The average Bonchev–Trinajstić information content (AvgIpc) is 2.29. The lowest BCUT2D eigenvalue weighted by Gasteiger charge is -2.19. The summed E-state index contributed by atoms with van der Waals surface area (Å²) in [5, 5.41) is 9.23. The summed E-state index contributed by atoms with van der Waals surface area (Å²) in [6, 6.07) is 7.94. The van der Waals surface area contributed by atoms with Gasteiger partial charge in [-0.1, -0.05) is 24.8 Å². The molecule has 0 aliphatic carbocycles. The highest BCUT2D eigenvalue weighted by atomic mass is 16.5. The second kappa shape index (κ2) is 5.19. The largest absolute Gasteiger partial charge is 0.457 e. The van der Waals surface area contributed by atoms with Crippen LogP contribution in [0.15, 0.2) is 42.2 Å². The van der Waals surface area contributed by atoms with Gasteiger partial charge in [0, 0.05) is 5.56 Å². The van der Waals surface area contributed by atoms with Gasteiger partial charge in [0.15, 0.2) is 0 Å². The standard InChI is InChI=1S/C15H18O2/c1-11(16)6-5-8-13-10-14-7-3-4-9-15(14)17-12(13)2/h3-4,7,9-11,16H,2,5-6,8H2,1H3. The van der Waals surface area contributed by atoms with Gasteiger partial charge in [0.1, 0.15) is 11.5 Å². The summed E-state index contributed by atoms with van der Waals surface area (Å²) in [6.45, 7) is 5.75. The lowest BCUT2D eigenvalue weighted by molar-refractivity contribution is 0.181. The Hall–Kier alpha value is -1.54. The maximum Gasteiger partial charge on any atom is 0.134 e. The van der Waals surface area contributed by atoms with Gasteiger partial charge in [-0.2, -0.15) is 0 Å². The SMILES string of the molecule is C=C1Oc2ccccc2C=C1CCCC(C)O. The Bertz CT molecular complexity index is 444. The van der Waals surface area contributed by atoms with E-state index >= 15 is 0 Å². The number of rotatable bonds is 4. The van der Waals surface area contributed by atoms with Gasteiger partial charge in [-0.25, -0.2) is 0 Å². The molecule has 1 heterocycles. The van der Waals surface area contributed by atoms with Crippen LogP contribution in [0.5, 0.6) is 5.75 Å². The summed E-state index contributed by atoms with van der Waals surface area (Å²) in [5.41, 5.74) is 2.23. The third-order valence-corrected chi connectivity index (χ3v) is 2.91. The fraction of sp³-hybridized carbons (Fsp3) is 0.333. The van der Waals surface area contributed by atoms with Gasteiger partial charge in [0.2, 0.25) is 0 Å². The van der Waals surface area contributed by atoms with E-state index in [1.807, 2.05) is 31.2 Å². The summed E-state index contributed by atoms with van der Waals surface area (Å²) in [6.07, 6.45) is 4.56. The molecule has 1 aliphatic heterocycles. The van der Waals surface area contributed by atoms with Crippen LogP contribution in [0.3, 0.4) is 0 Å². The number of hydrogen-bond acceptors (Lipinski definition) is 2. The molecule has 1 aliphatic rings. The van der Waals surface area contributed by atoms with Crippen molar-refractivity contribution in [1.29, 1.82) is 0 Å². The molecule has 1 atom stereocenters. The molecular formula is C15H18O2. The van der Waals surface area contributed by atoms with Gasteiger partial charge in [-0.15, -0.1) is 0 Å². The van der Waals surface area contributed by atoms with Crippen molar-refractivity contribution in [2.24, 2.45) is 0 Å². The predicted octanol–water partition coefficient (Wildman–Crippen LogP) is 3.53. The van der Waals surface area contributed by atoms with Gasteiger partial charge >= 0.3 is 0 Å². The van der Waals surface area contributed by atoms with E-state index < -0.39 is 0 Å². The smallest absolute Gasteiger partial charge is 0.134 e. The number of allylic oxidation sites excluding steroid dienone is 1. The molecule has 0 bridgehead atoms. The minimum Gasteiger partial charge on any atom is -0.457 e. The second-order valence-corrected chi connectivity index (χ2v) is 4.47. The van der Waals surface area contributed by atoms with Crippen LogP contribution in [-0.2, 0) is 0 Å². The van der Waals surface area contributed by atoms with Crippen molar-refractivity contribution in [3.05, 3.63) is 47.7 Å². The number of aliphatic hydroxyl groups is 1. The van der Waals surface area contributed by atoms with Crippen LogP contribution in [0.25, 0.3) is 6.08 Å². The van der Waals surface area contributed by atoms with Gasteiger partial charge in [0.25, 0.3) is 0 Å². The highest BCUT2D eigenvalue weighted by Crippen LogP contribution is 2.32. The molecule has 0 radical (unpaired) electrons. The van der Waals surface area contributed by atoms with Crippen LogP contribution in [0.2, 0.25) is 0 Å². The van der Waals surface area contributed by atoms with Crippen molar-refractivity contribution in [3.8, 4) is 5.75 Å². The van der Waals surface area contributed by atoms with E-state index in [2.05, 4.69) is 12.7 Å². The lowest BCUT2D eigenvalue weighted by Crippen LogP contribution is -2.05. The third kappa shape index (κ3) is 2.98. The summed E-state index contributed by atoms with van der Waals surface area (Å²) < 4.78 is 5.68. The minimum absolute atomic E-state index is 0.235. The first-order chi connectivity index (χ1) is 8.16. The first-order valence-corrected chi connectivity index (χ1v) is 6.01. The zero-order valence-electron chi connectivity index (χ0n) is 10.1. The Kier molecular flexibility index (Phi) is 3.64. The molecule has 90 valence electrons. The molecule has 0 amide bonds. The van der Waals surface area contributed by atoms with Crippen LogP contribution in [0.1, 0.15) is 31.7 Å². The highest BCUT2D eigenvalue weighted by Gasteiger charge is 2.14. The third-order valence-electron chi connectivity index (χ3n) is 2.91. The molecule has 0 saturated heterocycles. The van der Waals surface area contributed by atoms with Crippen molar-refractivity contribution in [2.75, 3.05) is 0 Å². The van der Waals surface area contributed by atoms with Gasteiger partial charge in [0.05, 0.1) is 6.10 Å². The number of benzene rings is 1. The van der Waals surface area contributed by atoms with Crippen LogP contribution in [0, 0.1) is 0 Å². The van der Waals surface area contributed by atoms with Crippen LogP contribution in [-0.4, -0.2) is 11.2 Å². The van der Waals surface area contributed by atoms with Crippen LogP contribution >= 0.6 is 0 Å². The Morgan fingerprint density at radius 2 is 2.12 bits per heavy atom. The Labute approximate surface area is 102 Å². The Morgan fingerprint density at radius 3 is 2.88 bits per heavy atom. The Morgan fingerprint density at radius 1 is 1.35 bits per heavy atom. The molecule has 1 aromatic rings. The minimum atomic E-state index is -0.235. The number of fused-ring (bicyclic) bond motifs is 1. The fourth-order valence-corrected chi connectivity index (χ4v) is 1.96. The fourth-order valence-electron chi connectivity index (χ4n) is 1.96. The zero-order valence-corrected chi connectivity index (χ0v) is 10.1. The van der Waals surface area contributed by atoms with Crippen molar-refractivity contribution >= 4 is 6.08 Å². The highest BCUT2D eigenvalue weighted by molar-refractivity contribution is 5.66. The monoisotopic (exact) mass is 230 g/mol. The van der Waals surface area contributed by atoms with Gasteiger partial charge in [-0.3, -0.25) is 0 Å². The zero-order chi connectivity index (χ0) is 12.3. The van der Waals surface area contributed by atoms with Gasteiger partial charge < -0.3 is 9.84 Å². The van der Waals surface area contributed by atoms with Crippen LogP contribution in [0.4, 0.5) is 0 Å². The van der Waals surface area contributed by atoms with E-state index in [-0.39, 0.29) is 6.10 Å². The lowest BCUT2D eigenvalue weighted by atomic mass is 10.00. The van der Waals surface area contributed by atoms with E-state index in [0.29, 0.717) is 0 Å². The van der Waals surface area contributed by atoms with Crippen molar-refractivity contribution in [3.63, 3.8) is 0 Å².